The number of likely N-dealkylation sites (N-methyl/N-ethyl adjacent to an activating group) is 1. The molecule has 22 heavy (non-hydrogen) atoms. The normalized spacial score (nSPS) is 11.3. The highest BCUT2D eigenvalue weighted by Crippen LogP contribution is 2.15. The van der Waals surface area contributed by atoms with Crippen LogP contribution in [-0.2, 0) is 4.79 Å². The zero-order valence-electron chi connectivity index (χ0n) is 14.8. The average Bonchev–Trinajstić information content (AvgIpc) is 2.39. The molecular formula is C18H30N2O2. The van der Waals surface area contributed by atoms with Crippen molar-refractivity contribution < 1.29 is 9.53 Å². The van der Waals surface area contributed by atoms with Gasteiger partial charge in [-0.1, -0.05) is 18.2 Å². The molecule has 0 aliphatic rings. The van der Waals surface area contributed by atoms with E-state index in [4.69, 9.17) is 4.74 Å². The fraction of sp³-hybridized carbons (Fsp3) is 0.611. The summed E-state index contributed by atoms with van der Waals surface area (Å²) in [5, 5.41) is 0. The molecule has 0 spiro atoms. The first-order chi connectivity index (χ1) is 10.3. The van der Waals surface area contributed by atoms with Gasteiger partial charge in [0.25, 0.3) is 0 Å². The number of hydrogen-bond donors (Lipinski definition) is 0. The maximum absolute atomic E-state index is 12.4. The van der Waals surface area contributed by atoms with Crippen LogP contribution in [0.1, 0.15) is 33.3 Å². The summed E-state index contributed by atoms with van der Waals surface area (Å²) in [7, 11) is 1.96. The van der Waals surface area contributed by atoms with E-state index in [2.05, 4.69) is 27.7 Å². The quantitative estimate of drug-likeness (QED) is 0.740. The Morgan fingerprint density at radius 1 is 1.14 bits per heavy atom. The summed E-state index contributed by atoms with van der Waals surface area (Å²) in [6.07, 6.45) is 0. The fourth-order valence-corrected chi connectivity index (χ4v) is 2.59. The molecule has 0 saturated carbocycles. The molecule has 0 saturated heterocycles. The van der Waals surface area contributed by atoms with E-state index in [-0.39, 0.29) is 18.0 Å². The molecule has 0 N–H and O–H groups in total. The van der Waals surface area contributed by atoms with E-state index in [1.54, 1.807) is 0 Å². The zero-order chi connectivity index (χ0) is 16.7. The van der Waals surface area contributed by atoms with Crippen molar-refractivity contribution in [1.82, 2.24) is 9.80 Å². The van der Waals surface area contributed by atoms with Crippen LogP contribution in [0.5, 0.6) is 5.75 Å². The molecule has 0 unspecified atom stereocenters. The molecule has 0 aliphatic heterocycles. The first-order valence-corrected chi connectivity index (χ1v) is 8.01. The van der Waals surface area contributed by atoms with Gasteiger partial charge < -0.3 is 9.64 Å². The maximum Gasteiger partial charge on any atom is 0.237 e. The van der Waals surface area contributed by atoms with Gasteiger partial charge in [-0.15, -0.1) is 0 Å². The minimum atomic E-state index is 0.170. The van der Waals surface area contributed by atoms with E-state index in [1.165, 1.54) is 0 Å². The molecule has 1 aromatic rings. The SMILES string of the molecule is Cc1ccccc1OCCN(C)CC(=O)N(C(C)C)C(C)C. The molecule has 0 radical (unpaired) electrons. The third-order valence-electron chi connectivity index (χ3n) is 3.63. The van der Waals surface area contributed by atoms with E-state index in [0.29, 0.717) is 13.2 Å². The molecule has 1 amide bonds. The van der Waals surface area contributed by atoms with E-state index in [1.807, 2.05) is 48.0 Å². The lowest BCUT2D eigenvalue weighted by Crippen LogP contribution is -2.47. The molecule has 0 aliphatic carbocycles. The van der Waals surface area contributed by atoms with Crippen LogP contribution in [0.4, 0.5) is 0 Å². The molecule has 0 bridgehead atoms. The van der Waals surface area contributed by atoms with E-state index in [0.717, 1.165) is 17.9 Å². The number of carbonyl (C=O) groups excluding carboxylic acids is 1. The van der Waals surface area contributed by atoms with Gasteiger partial charge >= 0.3 is 0 Å². The highest BCUT2D eigenvalue weighted by atomic mass is 16.5. The number of benzene rings is 1. The molecule has 4 heteroatoms. The second-order valence-electron chi connectivity index (χ2n) is 6.34. The third-order valence-corrected chi connectivity index (χ3v) is 3.63. The van der Waals surface area contributed by atoms with Crippen molar-refractivity contribution >= 4 is 5.91 Å². The summed E-state index contributed by atoms with van der Waals surface area (Å²) >= 11 is 0. The molecule has 1 aromatic carbocycles. The number of para-hydroxylation sites is 1. The fourth-order valence-electron chi connectivity index (χ4n) is 2.59. The topological polar surface area (TPSA) is 32.8 Å². The standard InChI is InChI=1S/C18H30N2O2/c1-14(2)20(15(3)4)18(21)13-19(6)11-12-22-17-10-8-7-9-16(17)5/h7-10,14-15H,11-13H2,1-6H3. The second-order valence-corrected chi connectivity index (χ2v) is 6.34. The van der Waals surface area contributed by atoms with Crippen LogP contribution in [0.15, 0.2) is 24.3 Å². The van der Waals surface area contributed by atoms with Gasteiger partial charge in [0.05, 0.1) is 6.54 Å². The van der Waals surface area contributed by atoms with Gasteiger partial charge in [0.1, 0.15) is 12.4 Å². The average molecular weight is 306 g/mol. The predicted molar refractivity (Wildman–Crippen MR) is 91.3 cm³/mol. The van der Waals surface area contributed by atoms with Crippen molar-refractivity contribution in [2.45, 2.75) is 46.7 Å². The highest BCUT2D eigenvalue weighted by Gasteiger charge is 2.20. The van der Waals surface area contributed by atoms with Gasteiger partial charge in [-0.3, -0.25) is 9.69 Å². The molecule has 0 fully saturated rings. The summed E-state index contributed by atoms with van der Waals surface area (Å²) in [6, 6.07) is 8.43. The molecule has 0 aromatic heterocycles. The van der Waals surface area contributed by atoms with Crippen molar-refractivity contribution in [1.29, 1.82) is 0 Å². The van der Waals surface area contributed by atoms with Gasteiger partial charge in [-0.25, -0.2) is 0 Å². The number of aryl methyl sites for hydroxylation is 1. The monoisotopic (exact) mass is 306 g/mol. The van der Waals surface area contributed by atoms with Crippen molar-refractivity contribution in [3.8, 4) is 5.75 Å². The minimum Gasteiger partial charge on any atom is -0.492 e. The molecule has 4 nitrogen and oxygen atoms in total. The van der Waals surface area contributed by atoms with Gasteiger partial charge in [-0.05, 0) is 53.3 Å². The van der Waals surface area contributed by atoms with E-state index >= 15 is 0 Å². The Kier molecular flexibility index (Phi) is 7.39. The summed E-state index contributed by atoms with van der Waals surface area (Å²) in [4.78, 5) is 16.3. The van der Waals surface area contributed by atoms with Crippen LogP contribution in [0.3, 0.4) is 0 Å². The van der Waals surface area contributed by atoms with Crippen LogP contribution in [-0.4, -0.2) is 54.5 Å². The number of carbonyl (C=O) groups is 1. The summed E-state index contributed by atoms with van der Waals surface area (Å²) in [5.41, 5.74) is 1.13. The molecule has 0 heterocycles. The van der Waals surface area contributed by atoms with Gasteiger partial charge in [-0.2, -0.15) is 0 Å². The Morgan fingerprint density at radius 3 is 2.27 bits per heavy atom. The van der Waals surface area contributed by atoms with Crippen molar-refractivity contribution in [3.05, 3.63) is 29.8 Å². The lowest BCUT2D eigenvalue weighted by molar-refractivity contribution is -0.135. The number of ether oxygens (including phenoxy) is 1. The van der Waals surface area contributed by atoms with Gasteiger partial charge in [0.2, 0.25) is 5.91 Å². The second kappa shape index (κ2) is 8.79. The Bertz CT molecular complexity index is 464. The van der Waals surface area contributed by atoms with Crippen LogP contribution < -0.4 is 4.74 Å². The van der Waals surface area contributed by atoms with Crippen LogP contribution in [0, 0.1) is 6.92 Å². The summed E-state index contributed by atoms with van der Waals surface area (Å²) < 4.78 is 5.78. The first-order valence-electron chi connectivity index (χ1n) is 8.01. The largest absolute Gasteiger partial charge is 0.492 e. The Hall–Kier alpha value is -1.55. The summed E-state index contributed by atoms with van der Waals surface area (Å²) in [6.45, 7) is 12.0. The van der Waals surface area contributed by atoms with Crippen LogP contribution in [0.2, 0.25) is 0 Å². The Morgan fingerprint density at radius 2 is 1.73 bits per heavy atom. The van der Waals surface area contributed by atoms with E-state index < -0.39 is 0 Å². The smallest absolute Gasteiger partial charge is 0.237 e. The van der Waals surface area contributed by atoms with Crippen molar-refractivity contribution in [2.75, 3.05) is 26.7 Å². The van der Waals surface area contributed by atoms with Crippen molar-refractivity contribution in [2.24, 2.45) is 0 Å². The lowest BCUT2D eigenvalue weighted by atomic mass is 10.2. The predicted octanol–water partition coefficient (Wildman–Crippen LogP) is 2.95. The Balaban J connectivity index is 2.41. The molecular weight excluding hydrogens is 276 g/mol. The number of nitrogens with zero attached hydrogens (tertiary/aromatic N) is 2. The molecule has 124 valence electrons. The zero-order valence-corrected chi connectivity index (χ0v) is 14.8. The highest BCUT2D eigenvalue weighted by molar-refractivity contribution is 5.78. The third kappa shape index (κ3) is 5.68. The van der Waals surface area contributed by atoms with Crippen LogP contribution in [0.25, 0.3) is 0 Å². The summed E-state index contributed by atoms with van der Waals surface area (Å²) in [5.74, 6) is 1.08. The molecule has 1 rings (SSSR count). The minimum absolute atomic E-state index is 0.170. The number of rotatable bonds is 8. The first kappa shape index (κ1) is 18.5. The maximum atomic E-state index is 12.4. The number of amides is 1. The Labute approximate surface area is 135 Å². The molecule has 0 atom stereocenters. The lowest BCUT2D eigenvalue weighted by Gasteiger charge is -2.32. The van der Waals surface area contributed by atoms with Crippen LogP contribution >= 0.6 is 0 Å². The van der Waals surface area contributed by atoms with E-state index in [9.17, 15) is 4.79 Å². The van der Waals surface area contributed by atoms with Gasteiger partial charge in [0, 0.05) is 18.6 Å². The number of hydrogen-bond acceptors (Lipinski definition) is 3. The van der Waals surface area contributed by atoms with Crippen molar-refractivity contribution in [3.63, 3.8) is 0 Å². The van der Waals surface area contributed by atoms with Gasteiger partial charge in [0.15, 0.2) is 0 Å².